The third-order valence-electron chi connectivity index (χ3n) is 4.38. The first-order valence-electron chi connectivity index (χ1n) is 8.55. The van der Waals surface area contributed by atoms with Crippen molar-refractivity contribution >= 4 is 0 Å². The predicted octanol–water partition coefficient (Wildman–Crippen LogP) is 3.36. The van der Waals surface area contributed by atoms with E-state index in [4.69, 9.17) is 15.2 Å². The van der Waals surface area contributed by atoms with E-state index in [0.29, 0.717) is 6.54 Å². The summed E-state index contributed by atoms with van der Waals surface area (Å²) in [6, 6.07) is 6.53. The highest BCUT2D eigenvalue weighted by molar-refractivity contribution is 5.44. The molecule has 1 saturated heterocycles. The van der Waals surface area contributed by atoms with Crippen molar-refractivity contribution < 1.29 is 9.47 Å². The van der Waals surface area contributed by atoms with Gasteiger partial charge in [0.15, 0.2) is 11.5 Å². The normalized spacial score (nSPS) is 17.2. The second-order valence-electron chi connectivity index (χ2n) is 5.96. The molecule has 1 aromatic rings. The Balaban J connectivity index is 2.12. The van der Waals surface area contributed by atoms with E-state index in [-0.39, 0.29) is 6.04 Å². The van der Waals surface area contributed by atoms with E-state index in [9.17, 15) is 0 Å². The lowest BCUT2D eigenvalue weighted by molar-refractivity contribution is 0.167. The summed E-state index contributed by atoms with van der Waals surface area (Å²) < 4.78 is 11.3. The fourth-order valence-corrected chi connectivity index (χ4v) is 3.06. The Kier molecular flexibility index (Phi) is 7.00. The van der Waals surface area contributed by atoms with Crippen LogP contribution in [0.25, 0.3) is 0 Å². The van der Waals surface area contributed by atoms with E-state index in [2.05, 4.69) is 24.0 Å². The minimum absolute atomic E-state index is 0.277. The standard InChI is InChI=1S/C18H30N2O2/c1-3-4-12-22-17-9-8-15(13-18(17)21-2)16(14-19)20-10-6-5-7-11-20/h8-9,13,16H,3-7,10-12,14,19H2,1-2H3. The SMILES string of the molecule is CCCCOc1ccc(C(CN)N2CCCCC2)cc1OC. The van der Waals surface area contributed by atoms with Gasteiger partial charge in [-0.15, -0.1) is 0 Å². The fourth-order valence-electron chi connectivity index (χ4n) is 3.06. The van der Waals surface area contributed by atoms with Crippen molar-refractivity contribution in [2.45, 2.75) is 45.1 Å². The Hall–Kier alpha value is -1.26. The van der Waals surface area contributed by atoms with Gasteiger partial charge in [0.1, 0.15) is 0 Å². The summed E-state index contributed by atoms with van der Waals surface area (Å²) in [5.74, 6) is 1.64. The predicted molar refractivity (Wildman–Crippen MR) is 90.6 cm³/mol. The molecule has 0 aromatic heterocycles. The van der Waals surface area contributed by atoms with E-state index in [1.54, 1.807) is 7.11 Å². The summed E-state index contributed by atoms with van der Waals surface area (Å²) in [6.07, 6.45) is 6.06. The molecule has 1 aromatic carbocycles. The minimum Gasteiger partial charge on any atom is -0.493 e. The molecule has 1 unspecified atom stereocenters. The number of unbranched alkanes of at least 4 members (excludes halogenated alkanes) is 1. The second-order valence-corrected chi connectivity index (χ2v) is 5.96. The van der Waals surface area contributed by atoms with Gasteiger partial charge < -0.3 is 15.2 Å². The molecule has 1 heterocycles. The zero-order valence-corrected chi connectivity index (χ0v) is 14.0. The molecular weight excluding hydrogens is 276 g/mol. The van der Waals surface area contributed by atoms with Crippen molar-refractivity contribution in [2.75, 3.05) is 33.4 Å². The van der Waals surface area contributed by atoms with Crippen molar-refractivity contribution in [3.63, 3.8) is 0 Å². The van der Waals surface area contributed by atoms with Crippen LogP contribution in [0, 0.1) is 0 Å². The number of benzene rings is 1. The number of methoxy groups -OCH3 is 1. The summed E-state index contributed by atoms with van der Waals surface area (Å²) >= 11 is 0. The van der Waals surface area contributed by atoms with Gasteiger partial charge in [-0.3, -0.25) is 4.90 Å². The van der Waals surface area contributed by atoms with Gasteiger partial charge >= 0.3 is 0 Å². The van der Waals surface area contributed by atoms with Crippen LogP contribution in [0.15, 0.2) is 18.2 Å². The number of hydrogen-bond acceptors (Lipinski definition) is 4. The first-order chi connectivity index (χ1) is 10.8. The zero-order chi connectivity index (χ0) is 15.8. The molecule has 1 aliphatic rings. The molecule has 1 atom stereocenters. The molecule has 2 N–H and O–H groups in total. The second kappa shape index (κ2) is 9.01. The third-order valence-corrected chi connectivity index (χ3v) is 4.38. The van der Waals surface area contributed by atoms with Gasteiger partial charge in [0.25, 0.3) is 0 Å². The van der Waals surface area contributed by atoms with Crippen molar-refractivity contribution in [2.24, 2.45) is 5.73 Å². The highest BCUT2D eigenvalue weighted by atomic mass is 16.5. The van der Waals surface area contributed by atoms with Gasteiger partial charge in [0, 0.05) is 12.6 Å². The topological polar surface area (TPSA) is 47.7 Å². The van der Waals surface area contributed by atoms with Crippen LogP contribution in [-0.2, 0) is 0 Å². The van der Waals surface area contributed by atoms with Crippen LogP contribution in [0.1, 0.15) is 50.6 Å². The van der Waals surface area contributed by atoms with Gasteiger partial charge in [0.2, 0.25) is 0 Å². The van der Waals surface area contributed by atoms with Crippen LogP contribution in [0.4, 0.5) is 0 Å². The van der Waals surface area contributed by atoms with Crippen molar-refractivity contribution in [3.8, 4) is 11.5 Å². The van der Waals surface area contributed by atoms with Crippen molar-refractivity contribution in [1.29, 1.82) is 0 Å². The highest BCUT2D eigenvalue weighted by Crippen LogP contribution is 2.33. The number of piperidine rings is 1. The molecule has 0 amide bonds. The molecule has 2 rings (SSSR count). The molecule has 4 heteroatoms. The van der Waals surface area contributed by atoms with Crippen molar-refractivity contribution in [3.05, 3.63) is 23.8 Å². The largest absolute Gasteiger partial charge is 0.493 e. The minimum atomic E-state index is 0.277. The number of likely N-dealkylation sites (tertiary alicyclic amines) is 1. The van der Waals surface area contributed by atoms with E-state index in [1.807, 2.05) is 6.07 Å². The Morgan fingerprint density at radius 3 is 2.59 bits per heavy atom. The molecule has 1 aliphatic heterocycles. The van der Waals surface area contributed by atoms with E-state index in [0.717, 1.165) is 44.0 Å². The summed E-state index contributed by atoms with van der Waals surface area (Å²) in [6.45, 7) is 5.81. The average Bonchev–Trinajstić information content (AvgIpc) is 2.57. The molecule has 22 heavy (non-hydrogen) atoms. The summed E-state index contributed by atoms with van der Waals surface area (Å²) in [7, 11) is 1.70. The van der Waals surface area contributed by atoms with Crippen LogP contribution in [-0.4, -0.2) is 38.3 Å². The van der Waals surface area contributed by atoms with Gasteiger partial charge in [-0.1, -0.05) is 25.8 Å². The number of ether oxygens (including phenoxy) is 2. The Labute approximate surface area is 134 Å². The van der Waals surface area contributed by atoms with Gasteiger partial charge in [-0.05, 0) is 50.0 Å². The van der Waals surface area contributed by atoms with Crippen molar-refractivity contribution in [1.82, 2.24) is 4.90 Å². The molecule has 124 valence electrons. The average molecular weight is 306 g/mol. The number of nitrogens with two attached hydrogens (primary N) is 1. The smallest absolute Gasteiger partial charge is 0.161 e. The van der Waals surface area contributed by atoms with Crippen LogP contribution in [0.5, 0.6) is 11.5 Å². The number of rotatable bonds is 8. The molecule has 0 aliphatic carbocycles. The summed E-state index contributed by atoms with van der Waals surface area (Å²) in [5, 5.41) is 0. The van der Waals surface area contributed by atoms with Crippen LogP contribution >= 0.6 is 0 Å². The molecule has 1 fully saturated rings. The van der Waals surface area contributed by atoms with Crippen LogP contribution in [0.2, 0.25) is 0 Å². The van der Waals surface area contributed by atoms with Gasteiger partial charge in [-0.2, -0.15) is 0 Å². The van der Waals surface area contributed by atoms with Crippen LogP contribution < -0.4 is 15.2 Å². The molecule has 4 nitrogen and oxygen atoms in total. The molecule has 0 saturated carbocycles. The first-order valence-corrected chi connectivity index (χ1v) is 8.55. The lowest BCUT2D eigenvalue weighted by atomic mass is 10.0. The van der Waals surface area contributed by atoms with Crippen LogP contribution in [0.3, 0.4) is 0 Å². The highest BCUT2D eigenvalue weighted by Gasteiger charge is 2.22. The third kappa shape index (κ3) is 4.37. The number of nitrogens with zero attached hydrogens (tertiary/aromatic N) is 1. The Morgan fingerprint density at radius 1 is 1.18 bits per heavy atom. The maximum Gasteiger partial charge on any atom is 0.161 e. The van der Waals surface area contributed by atoms with E-state index < -0.39 is 0 Å². The first kappa shape index (κ1) is 17.1. The maximum absolute atomic E-state index is 6.05. The van der Waals surface area contributed by atoms with Gasteiger partial charge in [-0.25, -0.2) is 0 Å². The summed E-state index contributed by atoms with van der Waals surface area (Å²) in [5.41, 5.74) is 7.28. The number of hydrogen-bond donors (Lipinski definition) is 1. The summed E-state index contributed by atoms with van der Waals surface area (Å²) in [4.78, 5) is 2.50. The quantitative estimate of drug-likeness (QED) is 0.748. The zero-order valence-electron chi connectivity index (χ0n) is 14.0. The molecule has 0 radical (unpaired) electrons. The molecular formula is C18H30N2O2. The van der Waals surface area contributed by atoms with E-state index >= 15 is 0 Å². The lowest BCUT2D eigenvalue weighted by Gasteiger charge is -2.34. The molecule has 0 spiro atoms. The Bertz CT molecular complexity index is 445. The van der Waals surface area contributed by atoms with Gasteiger partial charge in [0.05, 0.1) is 13.7 Å². The lowest BCUT2D eigenvalue weighted by Crippen LogP contribution is -2.37. The molecule has 0 bridgehead atoms. The maximum atomic E-state index is 6.05. The monoisotopic (exact) mass is 306 g/mol. The fraction of sp³-hybridized carbons (Fsp3) is 0.667. The Morgan fingerprint density at radius 2 is 1.95 bits per heavy atom. The van der Waals surface area contributed by atoms with E-state index in [1.165, 1.54) is 24.8 Å².